The molecule has 1 N–H and O–H groups in total. The van der Waals surface area contributed by atoms with Crippen molar-refractivity contribution in [2.75, 3.05) is 0 Å². The SMILES string of the molecule is CC12CCC(C1)C(C)(C)C2NC(=O)Oc1nn(C2CCCCC2)c2c1CCCCC2. The molecule has 2 bridgehead atoms. The minimum atomic E-state index is -0.304. The number of rotatable bonds is 3. The van der Waals surface area contributed by atoms with E-state index in [0.717, 1.165) is 19.3 Å². The molecule has 166 valence electrons. The Morgan fingerprint density at radius 1 is 1.03 bits per heavy atom. The van der Waals surface area contributed by atoms with Crippen molar-refractivity contribution in [2.24, 2.45) is 16.7 Å². The van der Waals surface area contributed by atoms with Gasteiger partial charge in [-0.25, -0.2) is 4.79 Å². The first-order valence-electron chi connectivity index (χ1n) is 12.5. The summed E-state index contributed by atoms with van der Waals surface area (Å²) in [6.07, 6.45) is 15.4. The van der Waals surface area contributed by atoms with Crippen molar-refractivity contribution in [3.63, 3.8) is 0 Å². The highest BCUT2D eigenvalue weighted by atomic mass is 16.6. The van der Waals surface area contributed by atoms with Crippen molar-refractivity contribution in [3.05, 3.63) is 11.3 Å². The quantitative estimate of drug-likeness (QED) is 0.622. The zero-order valence-electron chi connectivity index (χ0n) is 19.1. The van der Waals surface area contributed by atoms with Gasteiger partial charge in [-0.2, -0.15) is 0 Å². The van der Waals surface area contributed by atoms with Gasteiger partial charge in [0.1, 0.15) is 0 Å². The Balaban J connectivity index is 1.36. The van der Waals surface area contributed by atoms with Crippen LogP contribution in [-0.4, -0.2) is 21.9 Å². The lowest BCUT2D eigenvalue weighted by Crippen LogP contribution is -2.53. The fraction of sp³-hybridized carbons (Fsp3) is 0.840. The van der Waals surface area contributed by atoms with E-state index in [1.807, 2.05) is 0 Å². The average Bonchev–Trinajstić information content (AvgIpc) is 3.25. The number of carbonyl (C=O) groups excluding carboxylic acids is 1. The molecule has 1 amide bonds. The van der Waals surface area contributed by atoms with Crippen LogP contribution in [0.1, 0.15) is 109 Å². The topological polar surface area (TPSA) is 56.1 Å². The standard InChI is InChI=1S/C25H39N3O2/c1-24(2)17-14-15-25(3,16-17)22(24)26-23(29)30-21-19-12-8-5-9-13-20(19)28(27-21)18-10-6-4-7-11-18/h17-18,22H,4-16H2,1-3H3,(H,26,29). The van der Waals surface area contributed by atoms with E-state index in [-0.39, 0.29) is 23.0 Å². The molecule has 3 unspecified atom stereocenters. The number of hydrogen-bond acceptors (Lipinski definition) is 3. The van der Waals surface area contributed by atoms with E-state index in [4.69, 9.17) is 9.84 Å². The third-order valence-electron chi connectivity index (χ3n) is 9.06. The number of nitrogens with zero attached hydrogens (tertiary/aromatic N) is 2. The van der Waals surface area contributed by atoms with E-state index in [1.165, 1.54) is 75.5 Å². The molecule has 4 aliphatic rings. The van der Waals surface area contributed by atoms with Gasteiger partial charge in [0.05, 0.1) is 6.04 Å². The number of aromatic nitrogens is 2. The highest BCUT2D eigenvalue weighted by Crippen LogP contribution is 2.62. The van der Waals surface area contributed by atoms with E-state index >= 15 is 0 Å². The van der Waals surface area contributed by atoms with Crippen LogP contribution < -0.4 is 10.1 Å². The molecule has 5 nitrogen and oxygen atoms in total. The molecule has 30 heavy (non-hydrogen) atoms. The maximum atomic E-state index is 13.0. The Labute approximate surface area is 181 Å². The highest BCUT2D eigenvalue weighted by molar-refractivity contribution is 5.71. The number of nitrogens with one attached hydrogen (secondary N) is 1. The molecule has 1 aromatic rings. The van der Waals surface area contributed by atoms with Gasteiger partial charge in [0.2, 0.25) is 5.88 Å². The van der Waals surface area contributed by atoms with Gasteiger partial charge in [-0.1, -0.05) is 46.5 Å². The summed E-state index contributed by atoms with van der Waals surface area (Å²) in [5.41, 5.74) is 2.87. The average molecular weight is 414 g/mol. The fourth-order valence-electron chi connectivity index (χ4n) is 7.37. The molecule has 0 spiro atoms. The second-order valence-corrected chi connectivity index (χ2v) is 11.4. The largest absolute Gasteiger partial charge is 0.414 e. The molecule has 0 aliphatic heterocycles. The van der Waals surface area contributed by atoms with Crippen LogP contribution in [0.15, 0.2) is 0 Å². The number of carbonyl (C=O) groups is 1. The summed E-state index contributed by atoms with van der Waals surface area (Å²) in [6.45, 7) is 6.98. The number of ether oxygens (including phenoxy) is 1. The predicted octanol–water partition coefficient (Wildman–Crippen LogP) is 5.96. The van der Waals surface area contributed by atoms with Crippen molar-refractivity contribution in [2.45, 2.75) is 116 Å². The van der Waals surface area contributed by atoms with Crippen molar-refractivity contribution < 1.29 is 9.53 Å². The summed E-state index contributed by atoms with van der Waals surface area (Å²) in [7, 11) is 0. The fourth-order valence-corrected chi connectivity index (χ4v) is 7.37. The normalized spacial score (nSPS) is 33.2. The van der Waals surface area contributed by atoms with Crippen LogP contribution in [0.2, 0.25) is 0 Å². The molecule has 0 aromatic carbocycles. The molecule has 1 aromatic heterocycles. The smallest absolute Gasteiger partial charge is 0.389 e. The monoisotopic (exact) mass is 413 g/mol. The third kappa shape index (κ3) is 3.36. The van der Waals surface area contributed by atoms with Gasteiger partial charge in [0.15, 0.2) is 0 Å². The molecule has 0 radical (unpaired) electrons. The first-order valence-corrected chi connectivity index (χ1v) is 12.5. The molecule has 5 rings (SSSR count). The summed E-state index contributed by atoms with van der Waals surface area (Å²) in [4.78, 5) is 13.0. The second-order valence-electron chi connectivity index (χ2n) is 11.4. The van der Waals surface area contributed by atoms with Gasteiger partial charge in [-0.15, -0.1) is 5.10 Å². The third-order valence-corrected chi connectivity index (χ3v) is 9.06. The molecule has 3 saturated carbocycles. The highest BCUT2D eigenvalue weighted by Gasteiger charge is 2.60. The number of fused-ring (bicyclic) bond motifs is 3. The molecule has 0 saturated heterocycles. The second kappa shape index (κ2) is 7.56. The Morgan fingerprint density at radius 2 is 1.77 bits per heavy atom. The summed E-state index contributed by atoms with van der Waals surface area (Å²) in [5, 5.41) is 8.20. The van der Waals surface area contributed by atoms with Gasteiger partial charge in [-0.05, 0) is 74.5 Å². The summed E-state index contributed by atoms with van der Waals surface area (Å²) in [6, 6.07) is 0.657. The van der Waals surface area contributed by atoms with Gasteiger partial charge >= 0.3 is 6.09 Å². The van der Waals surface area contributed by atoms with Crippen LogP contribution in [0.25, 0.3) is 0 Å². The van der Waals surface area contributed by atoms with Crippen LogP contribution in [-0.2, 0) is 12.8 Å². The summed E-state index contributed by atoms with van der Waals surface area (Å²) < 4.78 is 8.22. The molecular formula is C25H39N3O2. The first-order chi connectivity index (χ1) is 14.4. The van der Waals surface area contributed by atoms with Gasteiger partial charge in [0.25, 0.3) is 0 Å². The summed E-state index contributed by atoms with van der Waals surface area (Å²) >= 11 is 0. The lowest BCUT2D eigenvalue weighted by molar-refractivity contribution is 0.103. The van der Waals surface area contributed by atoms with Crippen molar-refractivity contribution >= 4 is 6.09 Å². The van der Waals surface area contributed by atoms with Gasteiger partial charge < -0.3 is 10.1 Å². The molecule has 1 heterocycles. The molecule has 3 fully saturated rings. The van der Waals surface area contributed by atoms with E-state index in [0.29, 0.717) is 17.8 Å². The Kier molecular flexibility index (Phi) is 5.14. The zero-order valence-corrected chi connectivity index (χ0v) is 19.1. The minimum absolute atomic E-state index is 0.129. The van der Waals surface area contributed by atoms with E-state index in [2.05, 4.69) is 30.8 Å². The van der Waals surface area contributed by atoms with Crippen molar-refractivity contribution in [1.82, 2.24) is 15.1 Å². The van der Waals surface area contributed by atoms with Crippen LogP contribution in [0, 0.1) is 16.7 Å². The van der Waals surface area contributed by atoms with Crippen LogP contribution in [0.3, 0.4) is 0 Å². The first kappa shape index (κ1) is 20.4. The van der Waals surface area contributed by atoms with Crippen molar-refractivity contribution in [3.8, 4) is 5.88 Å². The molecule has 5 heteroatoms. The molecule has 4 aliphatic carbocycles. The maximum Gasteiger partial charge on any atom is 0.414 e. The summed E-state index contributed by atoms with van der Waals surface area (Å²) in [5.74, 6) is 1.29. The van der Waals surface area contributed by atoms with E-state index in [1.54, 1.807) is 0 Å². The van der Waals surface area contributed by atoms with E-state index < -0.39 is 0 Å². The Hall–Kier alpha value is -1.52. The van der Waals surface area contributed by atoms with Gasteiger partial charge in [0, 0.05) is 17.3 Å². The zero-order chi connectivity index (χ0) is 20.9. The Bertz CT molecular complexity index is 803. The van der Waals surface area contributed by atoms with Crippen LogP contribution >= 0.6 is 0 Å². The van der Waals surface area contributed by atoms with Gasteiger partial charge in [-0.3, -0.25) is 4.68 Å². The lowest BCUT2D eigenvalue weighted by atomic mass is 9.68. The van der Waals surface area contributed by atoms with Crippen LogP contribution in [0.4, 0.5) is 4.79 Å². The number of hydrogen-bond donors (Lipinski definition) is 1. The minimum Gasteiger partial charge on any atom is -0.389 e. The van der Waals surface area contributed by atoms with Crippen molar-refractivity contribution in [1.29, 1.82) is 0 Å². The predicted molar refractivity (Wildman–Crippen MR) is 118 cm³/mol. The maximum absolute atomic E-state index is 13.0. The van der Waals surface area contributed by atoms with E-state index in [9.17, 15) is 4.79 Å². The van der Waals surface area contributed by atoms with Crippen LogP contribution in [0.5, 0.6) is 5.88 Å². The molecular weight excluding hydrogens is 374 g/mol. The lowest BCUT2D eigenvalue weighted by Gasteiger charge is -2.42. The Morgan fingerprint density at radius 3 is 2.50 bits per heavy atom. The number of amides is 1. The molecule has 3 atom stereocenters.